The first-order chi connectivity index (χ1) is 7.90. The van der Waals surface area contributed by atoms with Gasteiger partial charge in [-0.05, 0) is 54.5 Å². The first kappa shape index (κ1) is 9.67. The summed E-state index contributed by atoms with van der Waals surface area (Å²) in [6.07, 6.45) is 8.55. The second kappa shape index (κ2) is 3.33. The maximum Gasteiger partial charge on any atom is 0.0477 e. The van der Waals surface area contributed by atoms with Crippen LogP contribution in [0.3, 0.4) is 0 Å². The molecule has 0 saturated heterocycles. The second-order valence-corrected chi connectivity index (χ2v) is 6.74. The molecule has 1 aromatic heterocycles. The molecule has 16 heavy (non-hydrogen) atoms. The molecule has 86 valence electrons. The van der Waals surface area contributed by atoms with Gasteiger partial charge >= 0.3 is 0 Å². The Morgan fingerprint density at radius 3 is 3.31 bits per heavy atom. The minimum Gasteiger partial charge on any atom is -0.307 e. The molecule has 3 aliphatic rings. The van der Waals surface area contributed by atoms with Gasteiger partial charge in [-0.25, -0.2) is 0 Å². The first-order valence-corrected chi connectivity index (χ1v) is 7.60. The molecular weight excluding hydrogens is 214 g/mol. The zero-order chi connectivity index (χ0) is 10.6. The van der Waals surface area contributed by atoms with Crippen LogP contribution in [-0.4, -0.2) is 6.54 Å². The van der Waals surface area contributed by atoms with E-state index in [0.29, 0.717) is 5.54 Å². The number of hydrogen-bond acceptors (Lipinski definition) is 2. The Labute approximate surface area is 101 Å². The van der Waals surface area contributed by atoms with E-state index in [0.717, 1.165) is 11.8 Å². The summed E-state index contributed by atoms with van der Waals surface area (Å²) in [5.41, 5.74) is 2.08. The Kier molecular flexibility index (Phi) is 2.01. The standard InChI is InChI=1S/C14H19NS/c1-2-10-4-7-14(11(10)3-1)12-6-9-16-13(12)5-8-15-14/h6,9-11,15H,1-5,7-8H2. The number of nitrogens with one attached hydrogen (secondary N) is 1. The lowest BCUT2D eigenvalue weighted by atomic mass is 9.76. The summed E-state index contributed by atoms with van der Waals surface area (Å²) < 4.78 is 0. The van der Waals surface area contributed by atoms with E-state index in [4.69, 9.17) is 0 Å². The van der Waals surface area contributed by atoms with E-state index >= 15 is 0 Å². The van der Waals surface area contributed by atoms with Crippen molar-refractivity contribution in [1.82, 2.24) is 5.32 Å². The summed E-state index contributed by atoms with van der Waals surface area (Å²) in [5.74, 6) is 1.97. The molecule has 0 bridgehead atoms. The quantitative estimate of drug-likeness (QED) is 0.725. The van der Waals surface area contributed by atoms with E-state index in [1.165, 1.54) is 45.1 Å². The topological polar surface area (TPSA) is 12.0 Å². The lowest BCUT2D eigenvalue weighted by molar-refractivity contribution is 0.221. The summed E-state index contributed by atoms with van der Waals surface area (Å²) in [6.45, 7) is 1.21. The molecule has 2 aliphatic carbocycles. The van der Waals surface area contributed by atoms with Crippen molar-refractivity contribution in [3.05, 3.63) is 21.9 Å². The Hall–Kier alpha value is -0.340. The number of thiophene rings is 1. The number of fused-ring (bicyclic) bond motifs is 4. The van der Waals surface area contributed by atoms with Gasteiger partial charge in [0.25, 0.3) is 0 Å². The molecule has 1 nitrogen and oxygen atoms in total. The first-order valence-electron chi connectivity index (χ1n) is 6.72. The van der Waals surface area contributed by atoms with Crippen LogP contribution >= 0.6 is 11.3 Å². The van der Waals surface area contributed by atoms with Crippen molar-refractivity contribution in [2.75, 3.05) is 6.54 Å². The fourth-order valence-electron chi connectivity index (χ4n) is 4.61. The van der Waals surface area contributed by atoms with Gasteiger partial charge in [0.1, 0.15) is 0 Å². The molecule has 1 spiro atoms. The van der Waals surface area contributed by atoms with Crippen molar-refractivity contribution < 1.29 is 0 Å². The Morgan fingerprint density at radius 1 is 1.31 bits per heavy atom. The van der Waals surface area contributed by atoms with Gasteiger partial charge in [0.05, 0.1) is 0 Å². The SMILES string of the molecule is c1cc2c(s1)CCNC21CCC2CCCC21. The lowest BCUT2D eigenvalue weighted by Crippen LogP contribution is -2.49. The molecule has 4 rings (SSSR count). The van der Waals surface area contributed by atoms with Crippen LogP contribution in [0.25, 0.3) is 0 Å². The minimum atomic E-state index is 0.398. The van der Waals surface area contributed by atoms with Crippen LogP contribution in [0.1, 0.15) is 42.5 Å². The average Bonchev–Trinajstić information content (AvgIpc) is 2.97. The fraction of sp³-hybridized carbons (Fsp3) is 0.714. The predicted octanol–water partition coefficient (Wildman–Crippen LogP) is 3.30. The van der Waals surface area contributed by atoms with E-state index in [2.05, 4.69) is 16.8 Å². The van der Waals surface area contributed by atoms with Gasteiger partial charge in [-0.1, -0.05) is 12.8 Å². The maximum atomic E-state index is 3.91. The van der Waals surface area contributed by atoms with Crippen LogP contribution in [0.15, 0.2) is 11.4 Å². The van der Waals surface area contributed by atoms with E-state index in [1.54, 1.807) is 10.4 Å². The monoisotopic (exact) mass is 233 g/mol. The summed E-state index contributed by atoms with van der Waals surface area (Å²) in [6, 6.07) is 2.41. The predicted molar refractivity (Wildman–Crippen MR) is 67.8 cm³/mol. The van der Waals surface area contributed by atoms with Crippen molar-refractivity contribution in [1.29, 1.82) is 0 Å². The van der Waals surface area contributed by atoms with Gasteiger partial charge in [0, 0.05) is 17.0 Å². The van der Waals surface area contributed by atoms with E-state index < -0.39 is 0 Å². The zero-order valence-electron chi connectivity index (χ0n) is 9.67. The van der Waals surface area contributed by atoms with Crippen LogP contribution < -0.4 is 5.32 Å². The molecule has 2 heteroatoms. The highest BCUT2D eigenvalue weighted by molar-refractivity contribution is 7.10. The minimum absolute atomic E-state index is 0.398. The van der Waals surface area contributed by atoms with Crippen LogP contribution in [-0.2, 0) is 12.0 Å². The van der Waals surface area contributed by atoms with Crippen LogP contribution in [0, 0.1) is 11.8 Å². The number of hydrogen-bond donors (Lipinski definition) is 1. The molecule has 0 aromatic carbocycles. The van der Waals surface area contributed by atoms with Crippen LogP contribution in [0.2, 0.25) is 0 Å². The summed E-state index contributed by atoms with van der Waals surface area (Å²) in [7, 11) is 0. The third-order valence-corrected chi connectivity index (χ3v) is 6.20. The van der Waals surface area contributed by atoms with Crippen molar-refractivity contribution in [2.45, 2.75) is 44.1 Å². The molecule has 2 saturated carbocycles. The van der Waals surface area contributed by atoms with Crippen molar-refractivity contribution in [3.63, 3.8) is 0 Å². The number of rotatable bonds is 0. The normalized spacial score (nSPS) is 41.2. The Morgan fingerprint density at radius 2 is 2.31 bits per heavy atom. The molecular formula is C14H19NS. The third kappa shape index (κ3) is 1.10. The highest BCUT2D eigenvalue weighted by atomic mass is 32.1. The highest BCUT2D eigenvalue weighted by Crippen LogP contribution is 2.56. The van der Waals surface area contributed by atoms with Crippen LogP contribution in [0.4, 0.5) is 0 Å². The molecule has 2 fully saturated rings. The molecule has 2 heterocycles. The molecule has 1 aromatic rings. The maximum absolute atomic E-state index is 3.91. The van der Waals surface area contributed by atoms with E-state index in [-0.39, 0.29) is 0 Å². The zero-order valence-corrected chi connectivity index (χ0v) is 10.5. The van der Waals surface area contributed by atoms with Gasteiger partial charge in [-0.3, -0.25) is 0 Å². The van der Waals surface area contributed by atoms with E-state index in [9.17, 15) is 0 Å². The molecule has 1 N–H and O–H groups in total. The van der Waals surface area contributed by atoms with Crippen molar-refractivity contribution >= 4 is 11.3 Å². The third-order valence-electron chi connectivity index (χ3n) is 5.22. The van der Waals surface area contributed by atoms with E-state index in [1.807, 2.05) is 11.3 Å². The highest BCUT2D eigenvalue weighted by Gasteiger charge is 2.52. The average molecular weight is 233 g/mol. The summed E-state index contributed by atoms with van der Waals surface area (Å²) in [4.78, 5) is 1.67. The second-order valence-electron chi connectivity index (χ2n) is 5.74. The molecule has 1 aliphatic heterocycles. The molecule has 3 atom stereocenters. The molecule has 3 unspecified atom stereocenters. The van der Waals surface area contributed by atoms with Crippen molar-refractivity contribution in [3.8, 4) is 0 Å². The van der Waals surface area contributed by atoms with Crippen LogP contribution in [0.5, 0.6) is 0 Å². The Balaban J connectivity index is 1.83. The van der Waals surface area contributed by atoms with Gasteiger partial charge in [0.15, 0.2) is 0 Å². The Bertz CT molecular complexity index is 411. The van der Waals surface area contributed by atoms with Gasteiger partial charge in [0.2, 0.25) is 0 Å². The summed E-state index contributed by atoms with van der Waals surface area (Å²) in [5, 5.41) is 6.22. The van der Waals surface area contributed by atoms with Gasteiger partial charge in [-0.15, -0.1) is 11.3 Å². The van der Waals surface area contributed by atoms with Gasteiger partial charge < -0.3 is 5.32 Å². The van der Waals surface area contributed by atoms with Gasteiger partial charge in [-0.2, -0.15) is 0 Å². The summed E-state index contributed by atoms with van der Waals surface area (Å²) >= 11 is 1.98. The fourth-order valence-corrected chi connectivity index (χ4v) is 5.57. The van der Waals surface area contributed by atoms with Crippen molar-refractivity contribution in [2.24, 2.45) is 11.8 Å². The molecule has 0 amide bonds. The smallest absolute Gasteiger partial charge is 0.0477 e. The largest absolute Gasteiger partial charge is 0.307 e. The lowest BCUT2D eigenvalue weighted by Gasteiger charge is -2.40. The molecule has 0 radical (unpaired) electrons.